The molecule has 0 saturated heterocycles. The van der Waals surface area contributed by atoms with E-state index in [-0.39, 0.29) is 5.78 Å². The molecule has 0 spiro atoms. The molecule has 0 aromatic carbocycles. The maximum Gasteiger partial charge on any atom is 0.228 e. The number of carbonyl (C=O) groups is 1. The van der Waals surface area contributed by atoms with Gasteiger partial charge in [0.2, 0.25) is 5.78 Å². The lowest BCUT2D eigenvalue weighted by molar-refractivity contribution is 0.0942. The molecule has 0 unspecified atom stereocenters. The molecule has 4 heteroatoms. The number of Topliss-reactive ketones (excluding diaryl/α,β-unsaturated/α-hetero) is 1. The number of aromatic nitrogens is 1. The van der Waals surface area contributed by atoms with Gasteiger partial charge in [0.25, 0.3) is 0 Å². The summed E-state index contributed by atoms with van der Waals surface area (Å²) in [5, 5.41) is 0.453. The Morgan fingerprint density at radius 1 is 1.50 bits per heavy atom. The van der Waals surface area contributed by atoms with Crippen molar-refractivity contribution in [2.75, 3.05) is 6.61 Å². The number of hydrogen-bond donors (Lipinski definition) is 0. The maximum absolute atomic E-state index is 11.7. The Balaban J connectivity index is 2.27. The van der Waals surface area contributed by atoms with Crippen LogP contribution in [0.4, 0.5) is 0 Å². The van der Waals surface area contributed by atoms with Crippen LogP contribution >= 0.6 is 11.6 Å². The Morgan fingerprint density at radius 3 is 3.00 bits per heavy atom. The van der Waals surface area contributed by atoms with Gasteiger partial charge in [0.1, 0.15) is 0 Å². The standard InChI is InChI=1S/C10H8ClNO2/c11-8-4-7(5-12-6-8)10(13)9-2-1-3-14-9/h2,4-6H,1,3H2. The first kappa shape index (κ1) is 9.21. The topological polar surface area (TPSA) is 39.2 Å². The molecule has 14 heavy (non-hydrogen) atoms. The largest absolute Gasteiger partial charge is 0.489 e. The minimum Gasteiger partial charge on any atom is -0.489 e. The summed E-state index contributed by atoms with van der Waals surface area (Å²) in [6.45, 7) is 0.578. The minimum atomic E-state index is -0.155. The molecule has 1 aromatic heterocycles. The van der Waals surface area contributed by atoms with Crippen molar-refractivity contribution in [2.24, 2.45) is 0 Å². The van der Waals surface area contributed by atoms with E-state index in [0.717, 1.165) is 6.42 Å². The van der Waals surface area contributed by atoms with E-state index in [1.54, 1.807) is 12.1 Å². The van der Waals surface area contributed by atoms with Gasteiger partial charge in [-0.2, -0.15) is 0 Å². The summed E-state index contributed by atoms with van der Waals surface area (Å²) >= 11 is 5.72. The highest BCUT2D eigenvalue weighted by atomic mass is 35.5. The molecule has 0 saturated carbocycles. The minimum absolute atomic E-state index is 0.155. The monoisotopic (exact) mass is 209 g/mol. The molecule has 3 nitrogen and oxygen atoms in total. The van der Waals surface area contributed by atoms with Crippen LogP contribution in [-0.2, 0) is 4.74 Å². The predicted octanol–water partition coefficient (Wildman–Crippen LogP) is 2.22. The van der Waals surface area contributed by atoms with Crippen LogP contribution in [0, 0.1) is 0 Å². The van der Waals surface area contributed by atoms with Gasteiger partial charge < -0.3 is 4.74 Å². The molecule has 0 N–H and O–H groups in total. The van der Waals surface area contributed by atoms with E-state index < -0.39 is 0 Å². The van der Waals surface area contributed by atoms with Gasteiger partial charge in [-0.25, -0.2) is 0 Å². The van der Waals surface area contributed by atoms with Crippen molar-refractivity contribution < 1.29 is 9.53 Å². The normalized spacial score (nSPS) is 14.8. The fourth-order valence-corrected chi connectivity index (χ4v) is 1.43. The van der Waals surface area contributed by atoms with Gasteiger partial charge >= 0.3 is 0 Å². The van der Waals surface area contributed by atoms with Crippen molar-refractivity contribution in [3.05, 3.63) is 40.9 Å². The summed E-state index contributed by atoms with van der Waals surface area (Å²) in [5.41, 5.74) is 0.464. The van der Waals surface area contributed by atoms with Crippen molar-refractivity contribution in [2.45, 2.75) is 6.42 Å². The predicted molar refractivity (Wildman–Crippen MR) is 52.2 cm³/mol. The van der Waals surface area contributed by atoms with Crippen LogP contribution in [0.2, 0.25) is 5.02 Å². The number of nitrogens with zero attached hydrogens (tertiary/aromatic N) is 1. The molecule has 2 heterocycles. The van der Waals surface area contributed by atoms with Gasteiger partial charge in [-0.1, -0.05) is 11.6 Å². The molecule has 0 atom stereocenters. The van der Waals surface area contributed by atoms with Crippen LogP contribution in [0.25, 0.3) is 0 Å². The quantitative estimate of drug-likeness (QED) is 0.702. The van der Waals surface area contributed by atoms with Crippen molar-refractivity contribution in [3.63, 3.8) is 0 Å². The van der Waals surface area contributed by atoms with Crippen LogP contribution in [0.3, 0.4) is 0 Å². The molecule has 0 aliphatic carbocycles. The van der Waals surface area contributed by atoms with Gasteiger partial charge in [0.15, 0.2) is 5.76 Å². The van der Waals surface area contributed by atoms with Crippen molar-refractivity contribution in [3.8, 4) is 0 Å². The van der Waals surface area contributed by atoms with Gasteiger partial charge in [0.05, 0.1) is 11.6 Å². The number of ketones is 1. The number of carbonyl (C=O) groups excluding carboxylic acids is 1. The van der Waals surface area contributed by atoms with Crippen LogP contribution in [0.5, 0.6) is 0 Å². The summed E-state index contributed by atoms with van der Waals surface area (Å²) in [6, 6.07) is 1.58. The zero-order valence-electron chi connectivity index (χ0n) is 7.37. The van der Waals surface area contributed by atoms with Crippen LogP contribution in [0.15, 0.2) is 30.3 Å². The fraction of sp³-hybridized carbons (Fsp3) is 0.200. The van der Waals surface area contributed by atoms with Gasteiger partial charge in [0, 0.05) is 24.4 Å². The number of allylic oxidation sites excluding steroid dienone is 1. The third-order valence-electron chi connectivity index (χ3n) is 1.90. The van der Waals surface area contributed by atoms with E-state index in [9.17, 15) is 4.79 Å². The second-order valence-corrected chi connectivity index (χ2v) is 3.36. The van der Waals surface area contributed by atoms with E-state index in [1.165, 1.54) is 12.4 Å². The van der Waals surface area contributed by atoms with Gasteiger partial charge in [-0.3, -0.25) is 9.78 Å². The van der Waals surface area contributed by atoms with E-state index in [0.29, 0.717) is 23.0 Å². The number of ether oxygens (including phenoxy) is 1. The average molecular weight is 210 g/mol. The fourth-order valence-electron chi connectivity index (χ4n) is 1.25. The lowest BCUT2D eigenvalue weighted by atomic mass is 10.1. The first-order valence-corrected chi connectivity index (χ1v) is 4.63. The third-order valence-corrected chi connectivity index (χ3v) is 2.10. The van der Waals surface area contributed by atoms with E-state index in [4.69, 9.17) is 16.3 Å². The van der Waals surface area contributed by atoms with Crippen LogP contribution in [-0.4, -0.2) is 17.4 Å². The molecule has 0 amide bonds. The van der Waals surface area contributed by atoms with Gasteiger partial charge in [-0.15, -0.1) is 0 Å². The van der Waals surface area contributed by atoms with E-state index in [1.807, 2.05) is 0 Å². The summed E-state index contributed by atoms with van der Waals surface area (Å²) in [6.07, 6.45) is 5.54. The third kappa shape index (κ3) is 1.77. The molecule has 1 aliphatic heterocycles. The Morgan fingerprint density at radius 2 is 2.36 bits per heavy atom. The second-order valence-electron chi connectivity index (χ2n) is 2.93. The van der Waals surface area contributed by atoms with Crippen LogP contribution < -0.4 is 0 Å². The Bertz CT molecular complexity index is 401. The molecule has 72 valence electrons. The van der Waals surface area contributed by atoms with Crippen molar-refractivity contribution in [1.82, 2.24) is 4.98 Å². The second kappa shape index (κ2) is 3.80. The molecular formula is C10H8ClNO2. The molecule has 2 rings (SSSR count). The summed E-state index contributed by atoms with van der Waals surface area (Å²) in [5.74, 6) is 0.242. The molecule has 1 aliphatic rings. The van der Waals surface area contributed by atoms with Crippen molar-refractivity contribution >= 4 is 17.4 Å². The number of pyridine rings is 1. The zero-order chi connectivity index (χ0) is 9.97. The SMILES string of the molecule is O=C(C1=CCCO1)c1cncc(Cl)c1. The van der Waals surface area contributed by atoms with E-state index in [2.05, 4.69) is 4.98 Å². The molecule has 0 radical (unpaired) electrons. The zero-order valence-corrected chi connectivity index (χ0v) is 8.12. The van der Waals surface area contributed by atoms with Crippen LogP contribution in [0.1, 0.15) is 16.8 Å². The summed E-state index contributed by atoms with van der Waals surface area (Å²) < 4.78 is 5.15. The summed E-state index contributed by atoms with van der Waals surface area (Å²) in [7, 11) is 0. The average Bonchev–Trinajstić information content (AvgIpc) is 2.69. The maximum atomic E-state index is 11.7. The highest BCUT2D eigenvalue weighted by molar-refractivity contribution is 6.31. The number of rotatable bonds is 2. The Kier molecular flexibility index (Phi) is 2.50. The number of halogens is 1. The first-order valence-electron chi connectivity index (χ1n) is 4.25. The summed E-state index contributed by atoms with van der Waals surface area (Å²) in [4.78, 5) is 15.5. The van der Waals surface area contributed by atoms with Crippen molar-refractivity contribution in [1.29, 1.82) is 0 Å². The smallest absolute Gasteiger partial charge is 0.228 e. The molecule has 0 bridgehead atoms. The number of hydrogen-bond acceptors (Lipinski definition) is 3. The highest BCUT2D eigenvalue weighted by Crippen LogP contribution is 2.17. The van der Waals surface area contributed by atoms with Gasteiger partial charge in [-0.05, 0) is 12.1 Å². The van der Waals surface area contributed by atoms with E-state index >= 15 is 0 Å². The Labute approximate surface area is 86.4 Å². The first-order chi connectivity index (χ1) is 6.77. The lowest BCUT2D eigenvalue weighted by Crippen LogP contribution is -2.04. The molecular weight excluding hydrogens is 202 g/mol. The Hall–Kier alpha value is -1.35. The highest BCUT2D eigenvalue weighted by Gasteiger charge is 2.17. The molecule has 1 aromatic rings. The molecule has 0 fully saturated rings. The lowest BCUT2D eigenvalue weighted by Gasteiger charge is -2.02.